The van der Waals surface area contributed by atoms with Gasteiger partial charge >= 0.3 is 0 Å². The number of furan rings is 1. The Kier molecular flexibility index (Phi) is 7.68. The molecule has 4 aromatic rings. The van der Waals surface area contributed by atoms with Crippen molar-refractivity contribution in [2.24, 2.45) is 0 Å². The van der Waals surface area contributed by atoms with Crippen LogP contribution in [0.2, 0.25) is 0 Å². The van der Waals surface area contributed by atoms with Crippen molar-refractivity contribution in [2.75, 3.05) is 44.2 Å². The molecule has 0 aliphatic carbocycles. The predicted octanol–water partition coefficient (Wildman–Crippen LogP) is 6.58. The molecule has 1 saturated heterocycles. The Hall–Kier alpha value is -3.16. The lowest BCUT2D eigenvalue weighted by atomic mass is 10.1. The number of carbonyl (C=O) groups excluding carboxylic acids is 1. The number of unbranched alkanes of at least 4 members (excludes halogenated alkanes) is 1. The van der Waals surface area contributed by atoms with E-state index in [1.807, 2.05) is 49.4 Å². The Morgan fingerprint density at radius 3 is 2.81 bits per heavy atom. The van der Waals surface area contributed by atoms with Gasteiger partial charge in [-0.15, -0.1) is 11.3 Å². The van der Waals surface area contributed by atoms with Crippen LogP contribution in [-0.4, -0.2) is 50.1 Å². The SMILES string of the molecule is Cc1oc(-c2ccccc2)cc1C(=O)NCCCCN1CCCN(c2csc3cc(F)ccc23)CC1.[HH]. The number of carbonyl (C=O) groups is 1. The normalized spacial score (nSPS) is 14.8. The van der Waals surface area contributed by atoms with Crippen molar-refractivity contribution in [1.29, 1.82) is 0 Å². The first kappa shape index (κ1) is 24.5. The highest BCUT2D eigenvalue weighted by Crippen LogP contribution is 2.34. The minimum atomic E-state index is -0.175. The van der Waals surface area contributed by atoms with Crippen molar-refractivity contribution in [3.05, 3.63) is 77.1 Å². The number of hydrogen-bond donors (Lipinski definition) is 1. The summed E-state index contributed by atoms with van der Waals surface area (Å²) in [6.07, 6.45) is 3.09. The van der Waals surface area contributed by atoms with Gasteiger partial charge < -0.3 is 19.5 Å². The lowest BCUT2D eigenvalue weighted by Gasteiger charge is -2.23. The van der Waals surface area contributed by atoms with Crippen LogP contribution >= 0.6 is 11.3 Å². The number of fused-ring (bicyclic) bond motifs is 1. The van der Waals surface area contributed by atoms with E-state index in [1.165, 1.54) is 5.69 Å². The standard InChI is InChI=1S/C29H32FN3O2S.H2/c1-21-25(19-27(35-21)22-8-3-2-4-9-22)29(34)31-12-5-6-13-32-14-7-15-33(17-16-32)26-20-36-28-18-23(30)10-11-24(26)28;/h2-4,8-11,18-20H,5-7,12-17H2,1H3,(H,31,34);1H. The van der Waals surface area contributed by atoms with Gasteiger partial charge in [0.05, 0.1) is 11.3 Å². The van der Waals surface area contributed by atoms with Crippen LogP contribution in [0.25, 0.3) is 21.4 Å². The first-order chi connectivity index (χ1) is 17.6. The molecule has 0 bridgehead atoms. The second-order valence-corrected chi connectivity index (χ2v) is 10.3. The highest BCUT2D eigenvalue weighted by atomic mass is 32.1. The minimum Gasteiger partial charge on any atom is -0.461 e. The van der Waals surface area contributed by atoms with Gasteiger partial charge in [0.2, 0.25) is 0 Å². The van der Waals surface area contributed by atoms with E-state index in [1.54, 1.807) is 23.5 Å². The van der Waals surface area contributed by atoms with Crippen molar-refractivity contribution in [2.45, 2.75) is 26.2 Å². The van der Waals surface area contributed by atoms with Gasteiger partial charge in [-0.1, -0.05) is 30.3 Å². The fourth-order valence-corrected chi connectivity index (χ4v) is 5.87. The maximum Gasteiger partial charge on any atom is 0.254 e. The third kappa shape index (κ3) is 5.63. The van der Waals surface area contributed by atoms with Crippen LogP contribution < -0.4 is 10.2 Å². The van der Waals surface area contributed by atoms with E-state index in [2.05, 4.69) is 20.5 Å². The Morgan fingerprint density at radius 2 is 1.94 bits per heavy atom. The number of anilines is 1. The summed E-state index contributed by atoms with van der Waals surface area (Å²) in [6.45, 7) is 7.61. The summed E-state index contributed by atoms with van der Waals surface area (Å²) in [6, 6.07) is 16.8. The summed E-state index contributed by atoms with van der Waals surface area (Å²) in [7, 11) is 0. The van der Waals surface area contributed by atoms with Crippen molar-refractivity contribution in [3.63, 3.8) is 0 Å². The van der Waals surface area contributed by atoms with Gasteiger partial charge in [0, 0.05) is 48.6 Å². The number of halogens is 1. The van der Waals surface area contributed by atoms with E-state index in [-0.39, 0.29) is 13.2 Å². The van der Waals surface area contributed by atoms with Crippen LogP contribution in [0.5, 0.6) is 0 Å². The number of nitrogens with one attached hydrogen (secondary N) is 1. The molecule has 0 unspecified atom stereocenters. The zero-order chi connectivity index (χ0) is 24.9. The second kappa shape index (κ2) is 11.3. The predicted molar refractivity (Wildman–Crippen MR) is 148 cm³/mol. The van der Waals surface area contributed by atoms with E-state index in [4.69, 9.17) is 4.42 Å². The highest BCUT2D eigenvalue weighted by molar-refractivity contribution is 7.17. The van der Waals surface area contributed by atoms with Crippen molar-refractivity contribution < 1.29 is 15.0 Å². The van der Waals surface area contributed by atoms with Gasteiger partial charge in [0.15, 0.2) is 0 Å². The minimum absolute atomic E-state index is 0. The maximum absolute atomic E-state index is 13.6. The molecule has 5 rings (SSSR count). The molecule has 2 aromatic heterocycles. The zero-order valence-electron chi connectivity index (χ0n) is 20.6. The van der Waals surface area contributed by atoms with Crippen LogP contribution in [-0.2, 0) is 0 Å². The first-order valence-electron chi connectivity index (χ1n) is 12.7. The molecule has 0 atom stereocenters. The fraction of sp³-hybridized carbons (Fsp3) is 0.345. The van der Waals surface area contributed by atoms with Crippen molar-refractivity contribution in [1.82, 2.24) is 10.2 Å². The van der Waals surface area contributed by atoms with E-state index in [0.717, 1.165) is 73.4 Å². The van der Waals surface area contributed by atoms with E-state index in [9.17, 15) is 9.18 Å². The molecule has 2 aromatic carbocycles. The fourth-order valence-electron chi connectivity index (χ4n) is 4.88. The van der Waals surface area contributed by atoms with Crippen molar-refractivity contribution >= 4 is 33.0 Å². The van der Waals surface area contributed by atoms with Gasteiger partial charge in [-0.05, 0) is 63.5 Å². The number of hydrogen-bond acceptors (Lipinski definition) is 5. The largest absolute Gasteiger partial charge is 0.461 e. The molecule has 190 valence electrons. The molecule has 7 heteroatoms. The summed E-state index contributed by atoms with van der Waals surface area (Å²) in [4.78, 5) is 17.6. The lowest BCUT2D eigenvalue weighted by molar-refractivity contribution is 0.0951. The number of benzene rings is 2. The monoisotopic (exact) mass is 507 g/mol. The second-order valence-electron chi connectivity index (χ2n) is 9.35. The molecular formula is C29H34FN3O2S. The van der Waals surface area contributed by atoms with Crippen LogP contribution in [0.4, 0.5) is 10.1 Å². The van der Waals surface area contributed by atoms with Gasteiger partial charge in [0.25, 0.3) is 5.91 Å². The number of amides is 1. The Morgan fingerprint density at radius 1 is 1.08 bits per heavy atom. The summed E-state index contributed by atoms with van der Waals surface area (Å²) < 4.78 is 20.4. The van der Waals surface area contributed by atoms with Crippen LogP contribution in [0, 0.1) is 12.7 Å². The molecule has 0 saturated carbocycles. The average Bonchev–Trinajstić information content (AvgIpc) is 3.40. The smallest absolute Gasteiger partial charge is 0.254 e. The number of aryl methyl sites for hydroxylation is 1. The lowest BCUT2D eigenvalue weighted by Crippen LogP contribution is -2.31. The van der Waals surface area contributed by atoms with E-state index < -0.39 is 0 Å². The number of thiophene rings is 1. The quantitative estimate of drug-likeness (QED) is 0.274. The zero-order valence-corrected chi connectivity index (χ0v) is 21.5. The average molecular weight is 508 g/mol. The molecule has 36 heavy (non-hydrogen) atoms. The third-order valence-corrected chi connectivity index (χ3v) is 7.79. The van der Waals surface area contributed by atoms with Gasteiger partial charge in [-0.25, -0.2) is 4.39 Å². The van der Waals surface area contributed by atoms with E-state index >= 15 is 0 Å². The van der Waals surface area contributed by atoms with Crippen LogP contribution in [0.3, 0.4) is 0 Å². The molecule has 1 fully saturated rings. The molecule has 0 radical (unpaired) electrons. The number of nitrogens with zero attached hydrogens (tertiary/aromatic N) is 2. The molecule has 1 aliphatic rings. The topological polar surface area (TPSA) is 48.7 Å². The third-order valence-electron chi connectivity index (χ3n) is 6.85. The molecule has 1 N–H and O–H groups in total. The number of rotatable bonds is 8. The first-order valence-corrected chi connectivity index (χ1v) is 13.5. The molecule has 5 nitrogen and oxygen atoms in total. The van der Waals surface area contributed by atoms with Gasteiger partial charge in [0.1, 0.15) is 17.3 Å². The molecule has 3 heterocycles. The summed E-state index contributed by atoms with van der Waals surface area (Å²) in [5, 5.41) is 6.36. The highest BCUT2D eigenvalue weighted by Gasteiger charge is 2.18. The molecule has 0 spiro atoms. The summed E-state index contributed by atoms with van der Waals surface area (Å²) in [5.41, 5.74) is 2.80. The summed E-state index contributed by atoms with van der Waals surface area (Å²) in [5.74, 6) is 1.11. The Bertz CT molecular complexity index is 1320. The molecular weight excluding hydrogens is 473 g/mol. The molecule has 1 aliphatic heterocycles. The maximum atomic E-state index is 13.6. The Labute approximate surface area is 217 Å². The van der Waals surface area contributed by atoms with Crippen LogP contribution in [0.15, 0.2) is 64.4 Å². The van der Waals surface area contributed by atoms with Crippen LogP contribution in [0.1, 0.15) is 36.8 Å². The van der Waals surface area contributed by atoms with Gasteiger partial charge in [-0.2, -0.15) is 0 Å². The van der Waals surface area contributed by atoms with Crippen molar-refractivity contribution in [3.8, 4) is 11.3 Å². The molecule has 1 amide bonds. The summed E-state index contributed by atoms with van der Waals surface area (Å²) >= 11 is 1.61. The Balaban J connectivity index is 0.00000320. The van der Waals surface area contributed by atoms with E-state index in [0.29, 0.717) is 17.9 Å². The van der Waals surface area contributed by atoms with Gasteiger partial charge in [-0.3, -0.25) is 4.79 Å².